The highest BCUT2D eigenvalue weighted by Gasteiger charge is 2.76. The molecule has 7 atom stereocenters. The topological polar surface area (TPSA) is 90.4 Å². The summed E-state index contributed by atoms with van der Waals surface area (Å²) in [5.41, 5.74) is 0.661. The number of anilines is 1. The summed E-state index contributed by atoms with van der Waals surface area (Å²) >= 11 is 5.45. The molecule has 3 unspecified atom stereocenters. The highest BCUT2D eigenvalue weighted by atomic mass is 79.9. The maximum Gasteiger partial charge on any atom is 0.251 e. The first-order chi connectivity index (χ1) is 19.6. The molecule has 3 aliphatic heterocycles. The van der Waals surface area contributed by atoms with Crippen LogP contribution in [0.25, 0.3) is 0 Å². The van der Waals surface area contributed by atoms with Crippen molar-refractivity contribution in [2.24, 2.45) is 17.8 Å². The van der Waals surface area contributed by atoms with E-state index in [1.165, 1.54) is 0 Å². The second kappa shape index (κ2) is 12.9. The summed E-state index contributed by atoms with van der Waals surface area (Å²) in [6.07, 6.45) is 4.75. The number of hydrogen-bond acceptors (Lipinski definition) is 6. The molecule has 2 bridgehead atoms. The summed E-state index contributed by atoms with van der Waals surface area (Å²) < 4.78 is 4.50. The van der Waals surface area contributed by atoms with E-state index in [1.54, 1.807) is 57.9 Å². The van der Waals surface area contributed by atoms with Gasteiger partial charge in [0.2, 0.25) is 11.8 Å². The summed E-state index contributed by atoms with van der Waals surface area (Å²) in [6.45, 7) is 14.6. The molecule has 10 heteroatoms. The Morgan fingerprint density at radius 2 is 1.88 bits per heavy atom. The fraction of sp³-hybridized carbons (Fsp3) is 0.581. The summed E-state index contributed by atoms with van der Waals surface area (Å²) in [6, 6.07) is 5.81. The quantitative estimate of drug-likeness (QED) is 0.256. The van der Waals surface area contributed by atoms with E-state index in [0.717, 1.165) is 6.42 Å². The van der Waals surface area contributed by atoms with Crippen molar-refractivity contribution in [2.45, 2.75) is 60.5 Å². The summed E-state index contributed by atoms with van der Waals surface area (Å²) in [5.74, 6) is -1.18. The molecule has 3 heterocycles. The molecule has 224 valence electrons. The number of nitrogens with zero attached hydrogens (tertiary/aromatic N) is 3. The molecule has 0 aromatic heterocycles. The highest BCUT2D eigenvalue weighted by Crippen LogP contribution is 2.68. The Morgan fingerprint density at radius 3 is 2.41 bits per heavy atom. The Bertz CT molecular complexity index is 1160. The number of carbonyl (C=O) groups excluding carboxylic acids is 3. The lowest BCUT2D eigenvalue weighted by Crippen LogP contribution is -2.59. The van der Waals surface area contributed by atoms with Crippen LogP contribution in [0.1, 0.15) is 33.6 Å². The first-order valence-electron chi connectivity index (χ1n) is 14.3. The number of alkyl halides is 1. The van der Waals surface area contributed by atoms with Crippen molar-refractivity contribution in [1.82, 2.24) is 9.80 Å². The Kier molecular flexibility index (Phi) is 9.96. The number of amides is 3. The molecule has 3 amide bonds. The van der Waals surface area contributed by atoms with Crippen LogP contribution in [0, 0.1) is 17.8 Å². The lowest BCUT2D eigenvalue weighted by Gasteiger charge is -2.41. The van der Waals surface area contributed by atoms with Crippen LogP contribution in [-0.2, 0) is 14.4 Å². The van der Waals surface area contributed by atoms with Crippen molar-refractivity contribution in [2.75, 3.05) is 38.3 Å². The van der Waals surface area contributed by atoms with Crippen LogP contribution in [-0.4, -0.2) is 92.9 Å². The van der Waals surface area contributed by atoms with Crippen molar-refractivity contribution < 1.29 is 24.2 Å². The van der Waals surface area contributed by atoms with Gasteiger partial charge in [-0.25, -0.2) is 0 Å². The predicted octanol–water partition coefficient (Wildman–Crippen LogP) is 4.12. The largest absolute Gasteiger partial charge is 0.497 e. The van der Waals surface area contributed by atoms with Crippen LogP contribution >= 0.6 is 27.7 Å². The van der Waals surface area contributed by atoms with E-state index in [2.05, 4.69) is 29.1 Å². The van der Waals surface area contributed by atoms with Gasteiger partial charge in [0.1, 0.15) is 11.8 Å². The summed E-state index contributed by atoms with van der Waals surface area (Å²) in [7, 11) is 1.59. The van der Waals surface area contributed by atoms with Crippen molar-refractivity contribution in [1.29, 1.82) is 0 Å². The standard InChI is InChI=1S/C31H42BrN3O5S/c1-7-14-33(15-8-2)28(37)24-25-29(38)35(23(18-36)19(4)5)27(31(25)17-22(32)26(24)41-31)30(39)34(16-9-3)20-10-12-21(40-6)13-11-20/h7,9-13,19,22-27,36H,1,3,8,14-18H2,2,4-6H3/t22?,23-,24-,25-,26-,27?,31?/m0/s1. The van der Waals surface area contributed by atoms with Crippen molar-refractivity contribution in [3.8, 4) is 5.75 Å². The SMILES string of the molecule is C=CCN(CCC)C(=O)[C@H]1[C@H]2C(=O)N([C@@H](CO)C(C)C)C(C(=O)N(CC=C)c3ccc(OC)cc3)C23CC(Br)[C@@H]1S3. The number of methoxy groups -OCH3 is 1. The maximum absolute atomic E-state index is 14.8. The lowest BCUT2D eigenvalue weighted by atomic mass is 9.70. The zero-order valence-electron chi connectivity index (χ0n) is 24.4. The zero-order valence-corrected chi connectivity index (χ0v) is 26.8. The van der Waals surface area contributed by atoms with E-state index in [1.807, 2.05) is 32.9 Å². The minimum absolute atomic E-state index is 0.0339. The highest BCUT2D eigenvalue weighted by molar-refractivity contribution is 9.09. The number of thioether (sulfide) groups is 1. The molecule has 3 fully saturated rings. The van der Waals surface area contributed by atoms with Gasteiger partial charge in [-0.2, -0.15) is 0 Å². The average Bonchev–Trinajstić information content (AvgIpc) is 3.55. The maximum atomic E-state index is 14.8. The molecule has 3 saturated heterocycles. The number of ether oxygens (including phenoxy) is 1. The number of benzene rings is 1. The number of halogens is 1. The zero-order chi connectivity index (χ0) is 30.1. The first-order valence-corrected chi connectivity index (χ1v) is 16.1. The molecular formula is C31H42BrN3O5S. The van der Waals surface area contributed by atoms with E-state index in [9.17, 15) is 19.5 Å². The van der Waals surface area contributed by atoms with E-state index >= 15 is 0 Å². The average molecular weight is 649 g/mol. The normalized spacial score (nSPS) is 28.9. The molecule has 1 aromatic carbocycles. The monoisotopic (exact) mass is 647 g/mol. The second-order valence-electron chi connectivity index (χ2n) is 11.4. The van der Waals surface area contributed by atoms with E-state index in [0.29, 0.717) is 30.9 Å². The molecule has 1 aromatic rings. The van der Waals surface area contributed by atoms with Crippen molar-refractivity contribution in [3.05, 3.63) is 49.6 Å². The Hall–Kier alpha value is -2.30. The molecule has 8 nitrogen and oxygen atoms in total. The number of carbonyl (C=O) groups is 3. The van der Waals surface area contributed by atoms with Gasteiger partial charge in [-0.1, -0.05) is 48.9 Å². The molecule has 1 spiro atoms. The number of aliphatic hydroxyl groups excluding tert-OH is 1. The third-order valence-electron chi connectivity index (χ3n) is 8.68. The molecule has 0 radical (unpaired) electrons. The second-order valence-corrected chi connectivity index (χ2v) is 14.1. The minimum Gasteiger partial charge on any atom is -0.497 e. The molecule has 3 aliphatic rings. The van der Waals surface area contributed by atoms with Crippen LogP contribution in [0.3, 0.4) is 0 Å². The molecule has 41 heavy (non-hydrogen) atoms. The van der Waals surface area contributed by atoms with Crippen LogP contribution in [0.4, 0.5) is 5.69 Å². The third-order valence-corrected chi connectivity index (χ3v) is 11.9. The van der Waals surface area contributed by atoms with Gasteiger partial charge in [0.25, 0.3) is 5.91 Å². The molecule has 1 N–H and O–H groups in total. The molecule has 4 rings (SSSR count). The summed E-state index contributed by atoms with van der Waals surface area (Å²) in [5, 5.41) is 10.4. The van der Waals surface area contributed by atoms with Crippen molar-refractivity contribution >= 4 is 51.1 Å². The number of hydrogen-bond donors (Lipinski definition) is 1. The minimum atomic E-state index is -0.853. The molecule has 0 saturated carbocycles. The number of aliphatic hydroxyl groups is 1. The van der Waals surface area contributed by atoms with Gasteiger partial charge < -0.3 is 24.5 Å². The Morgan fingerprint density at radius 1 is 1.22 bits per heavy atom. The van der Waals surface area contributed by atoms with Crippen LogP contribution in [0.2, 0.25) is 0 Å². The lowest BCUT2D eigenvalue weighted by molar-refractivity contribution is -0.146. The third kappa shape index (κ3) is 5.36. The van der Waals surface area contributed by atoms with Gasteiger partial charge in [0.15, 0.2) is 0 Å². The smallest absolute Gasteiger partial charge is 0.251 e. The molecular weight excluding hydrogens is 606 g/mol. The Balaban J connectivity index is 1.84. The van der Waals surface area contributed by atoms with Crippen molar-refractivity contribution in [3.63, 3.8) is 0 Å². The van der Waals surface area contributed by atoms with Gasteiger partial charge in [-0.05, 0) is 43.0 Å². The van der Waals surface area contributed by atoms with Gasteiger partial charge in [-0.3, -0.25) is 14.4 Å². The fourth-order valence-corrected chi connectivity index (χ4v) is 10.5. The number of likely N-dealkylation sites (tertiary alicyclic amines) is 1. The predicted molar refractivity (Wildman–Crippen MR) is 167 cm³/mol. The van der Waals surface area contributed by atoms with Gasteiger partial charge in [0, 0.05) is 35.4 Å². The van der Waals surface area contributed by atoms with E-state index in [-0.39, 0.29) is 46.9 Å². The number of rotatable bonds is 13. The van der Waals surface area contributed by atoms with Crippen LogP contribution in [0.15, 0.2) is 49.6 Å². The molecule has 0 aliphatic carbocycles. The first kappa shape index (κ1) is 31.6. The van der Waals surface area contributed by atoms with E-state index < -0.39 is 28.7 Å². The fourth-order valence-electron chi connectivity index (χ4n) is 6.90. The van der Waals surface area contributed by atoms with Crippen LogP contribution < -0.4 is 9.64 Å². The van der Waals surface area contributed by atoms with E-state index in [4.69, 9.17) is 4.74 Å². The van der Waals surface area contributed by atoms with Crippen LogP contribution in [0.5, 0.6) is 5.75 Å². The van der Waals surface area contributed by atoms with Gasteiger partial charge >= 0.3 is 0 Å². The van der Waals surface area contributed by atoms with Gasteiger partial charge in [-0.15, -0.1) is 24.9 Å². The summed E-state index contributed by atoms with van der Waals surface area (Å²) in [4.78, 5) is 48.5. The number of fused-ring (bicyclic) bond motifs is 1. The van der Waals surface area contributed by atoms with Gasteiger partial charge in [0.05, 0.1) is 36.3 Å². The Labute approximate surface area is 256 Å².